The molecule has 4 aromatic carbocycles. The van der Waals surface area contributed by atoms with Gasteiger partial charge >= 0.3 is 18.1 Å². The van der Waals surface area contributed by atoms with E-state index in [2.05, 4.69) is 10.6 Å². The lowest BCUT2D eigenvalue weighted by molar-refractivity contribution is -0.143. The highest BCUT2D eigenvalue weighted by Gasteiger charge is 2.39. The monoisotopic (exact) mass is 750 g/mol. The minimum Gasteiger partial charge on any atom is -0.481 e. The Morgan fingerprint density at radius 3 is 1.96 bits per heavy atom. The summed E-state index contributed by atoms with van der Waals surface area (Å²) in [7, 11) is 0. The predicted octanol–water partition coefficient (Wildman–Crippen LogP) is 8.02. The molecule has 1 fully saturated rings. The fourth-order valence-corrected chi connectivity index (χ4v) is 7.73. The van der Waals surface area contributed by atoms with Gasteiger partial charge in [0.25, 0.3) is 23.2 Å². The van der Waals surface area contributed by atoms with Crippen molar-refractivity contribution >= 4 is 46.5 Å². The van der Waals surface area contributed by atoms with Crippen LogP contribution in [0.3, 0.4) is 0 Å². The molecule has 0 radical (unpaired) electrons. The zero-order chi connectivity index (χ0) is 38.3. The first-order valence-electron chi connectivity index (χ1n) is 17.0. The Labute approximate surface area is 307 Å². The maximum absolute atomic E-state index is 13.7. The minimum atomic E-state index is -4.75. The number of benzene rings is 4. The zero-order valence-electron chi connectivity index (χ0n) is 28.7. The van der Waals surface area contributed by atoms with Gasteiger partial charge in [-0.15, -0.1) is 0 Å². The third-order valence-electron chi connectivity index (χ3n) is 9.25. The van der Waals surface area contributed by atoms with Crippen LogP contribution in [0.5, 0.6) is 0 Å². The molecule has 1 saturated carbocycles. The van der Waals surface area contributed by atoms with Crippen LogP contribution in [-0.2, 0) is 35.2 Å². The summed E-state index contributed by atoms with van der Waals surface area (Å²) in [5, 5.41) is 23.6. The van der Waals surface area contributed by atoms with Crippen molar-refractivity contribution in [2.75, 3.05) is 17.2 Å². The molecule has 0 aromatic heterocycles. The first kappa shape index (κ1) is 39.0. The molecule has 0 aliphatic heterocycles. The van der Waals surface area contributed by atoms with E-state index in [1.54, 1.807) is 48.5 Å². The number of nitrogens with one attached hydrogen (secondary N) is 2. The molecule has 1 atom stereocenters. The Balaban J connectivity index is 1.28. The standard InChI is InChI=1S/C39H38F3N3O7S/c1-2-45(31-19-14-27(15-20-31)38(50)51)53(52)32-5-3-4-28(22-32)35(46)44-34-21-16-29(39(40,41)42)23-33(34)36(47)43-30-17-10-25(11-18-30)7-6-24-8-12-26(13-9-24)37(48)49/h3-5,8-13,16-18,21-23,27,31,52H,2,6-7,14-15,19-20H2,1H3,(H3-,43,44,46,47,48,49,50,51)/p+1. The number of carbonyl (C=O) groups excluding carboxylic acids is 2. The van der Waals surface area contributed by atoms with Crippen LogP contribution < -0.4 is 10.6 Å². The third kappa shape index (κ3) is 10.0. The summed E-state index contributed by atoms with van der Waals surface area (Å²) in [5.74, 6) is -3.83. The van der Waals surface area contributed by atoms with E-state index in [1.165, 1.54) is 24.3 Å². The lowest BCUT2D eigenvalue weighted by atomic mass is 9.86. The number of alkyl halides is 3. The summed E-state index contributed by atoms with van der Waals surface area (Å²) in [4.78, 5) is 49.8. The second kappa shape index (κ2) is 17.1. The van der Waals surface area contributed by atoms with Gasteiger partial charge in [0.05, 0.1) is 34.3 Å². The van der Waals surface area contributed by atoms with Gasteiger partial charge in [0.2, 0.25) is 4.90 Å². The van der Waals surface area contributed by atoms with Crippen LogP contribution in [0, 0.1) is 5.92 Å². The Kier molecular flexibility index (Phi) is 12.6. The molecule has 4 aromatic rings. The molecule has 1 aliphatic carbocycles. The molecule has 5 rings (SSSR count). The van der Waals surface area contributed by atoms with E-state index in [0.717, 1.165) is 23.3 Å². The average molecular weight is 751 g/mol. The average Bonchev–Trinajstić information content (AvgIpc) is 3.14. The highest BCUT2D eigenvalue weighted by Crippen LogP contribution is 2.34. The molecule has 5 N–H and O–H groups in total. The maximum Gasteiger partial charge on any atom is 0.416 e. The first-order chi connectivity index (χ1) is 25.2. The van der Waals surface area contributed by atoms with Crippen LogP contribution in [0.15, 0.2) is 95.9 Å². The van der Waals surface area contributed by atoms with Gasteiger partial charge in [-0.05, 0) is 111 Å². The Bertz CT molecular complexity index is 1950. The third-order valence-corrected chi connectivity index (χ3v) is 10.9. The van der Waals surface area contributed by atoms with Gasteiger partial charge in [0.15, 0.2) is 0 Å². The number of hydrogen-bond donors (Lipinski definition) is 5. The Hall–Kier alpha value is -5.18. The summed E-state index contributed by atoms with van der Waals surface area (Å²) < 4.78 is 54.3. The van der Waals surface area contributed by atoms with Crippen molar-refractivity contribution in [1.29, 1.82) is 0 Å². The number of aryl methyl sites for hydroxylation is 2. The van der Waals surface area contributed by atoms with Crippen molar-refractivity contribution in [3.05, 3.63) is 124 Å². The second-order valence-corrected chi connectivity index (χ2v) is 14.2. The largest absolute Gasteiger partial charge is 0.481 e. The van der Waals surface area contributed by atoms with Gasteiger partial charge in [0.1, 0.15) is 0 Å². The number of nitrogens with zero attached hydrogens (tertiary/aromatic N) is 1. The molecule has 278 valence electrons. The number of anilines is 2. The quantitative estimate of drug-likeness (QED) is 0.0861. The Morgan fingerprint density at radius 2 is 1.40 bits per heavy atom. The van der Waals surface area contributed by atoms with E-state index in [-0.39, 0.29) is 22.9 Å². The molecule has 14 heteroatoms. The fourth-order valence-electron chi connectivity index (χ4n) is 6.29. The van der Waals surface area contributed by atoms with Crippen molar-refractivity contribution < 1.29 is 47.1 Å². The number of carboxylic acids is 2. The van der Waals surface area contributed by atoms with Gasteiger partial charge < -0.3 is 20.8 Å². The van der Waals surface area contributed by atoms with E-state index in [0.29, 0.717) is 61.7 Å². The number of aromatic carboxylic acids is 1. The van der Waals surface area contributed by atoms with E-state index in [1.807, 2.05) is 11.2 Å². The van der Waals surface area contributed by atoms with Crippen LogP contribution >= 0.6 is 0 Å². The summed E-state index contributed by atoms with van der Waals surface area (Å²) in [5.41, 5.74) is 0.844. The van der Waals surface area contributed by atoms with Crippen molar-refractivity contribution in [2.45, 2.75) is 62.6 Å². The van der Waals surface area contributed by atoms with E-state index in [9.17, 15) is 42.0 Å². The summed E-state index contributed by atoms with van der Waals surface area (Å²) >= 11 is -1.43. The molecule has 0 spiro atoms. The number of rotatable bonds is 13. The normalized spacial score (nSPS) is 16.5. The number of halogens is 3. The molecule has 2 amide bonds. The molecule has 0 saturated heterocycles. The molecule has 1 aliphatic rings. The lowest BCUT2D eigenvalue weighted by Gasteiger charge is -2.30. The van der Waals surface area contributed by atoms with Crippen molar-refractivity contribution in [3.8, 4) is 0 Å². The van der Waals surface area contributed by atoms with Crippen LogP contribution in [0.25, 0.3) is 0 Å². The van der Waals surface area contributed by atoms with E-state index < -0.39 is 58.3 Å². The minimum absolute atomic E-state index is 0.0455. The summed E-state index contributed by atoms with van der Waals surface area (Å²) in [6.45, 7) is 2.37. The molecule has 10 nitrogen and oxygen atoms in total. The molecule has 0 bridgehead atoms. The predicted molar refractivity (Wildman–Crippen MR) is 195 cm³/mol. The first-order valence-corrected chi connectivity index (χ1v) is 18.2. The highest BCUT2D eigenvalue weighted by atomic mass is 32.2. The summed E-state index contributed by atoms with van der Waals surface area (Å²) in [6.07, 6.45) is -1.30. The van der Waals surface area contributed by atoms with Crippen molar-refractivity contribution in [2.24, 2.45) is 5.92 Å². The van der Waals surface area contributed by atoms with Crippen molar-refractivity contribution in [1.82, 2.24) is 4.31 Å². The number of aliphatic carboxylic acids is 1. The topological polar surface area (TPSA) is 156 Å². The number of carboxylic acid groups (broad SMARTS) is 2. The van der Waals surface area contributed by atoms with Gasteiger partial charge in [-0.1, -0.05) is 34.6 Å². The highest BCUT2D eigenvalue weighted by molar-refractivity contribution is 7.89. The molecule has 0 heterocycles. The molecule has 53 heavy (non-hydrogen) atoms. The molecular weight excluding hydrogens is 712 g/mol. The summed E-state index contributed by atoms with van der Waals surface area (Å²) in [6, 6.07) is 21.9. The smallest absolute Gasteiger partial charge is 0.416 e. The zero-order valence-corrected chi connectivity index (χ0v) is 29.5. The van der Waals surface area contributed by atoms with Crippen LogP contribution in [-0.4, -0.2) is 55.4 Å². The van der Waals surface area contributed by atoms with E-state index in [4.69, 9.17) is 5.11 Å². The fraction of sp³-hybridized carbons (Fsp3) is 0.282. The van der Waals surface area contributed by atoms with Crippen LogP contribution in [0.4, 0.5) is 24.5 Å². The SMILES string of the molecule is CCN(C1CCC(C(=O)O)CC1)[S+](O)c1cccc(C(=O)Nc2ccc(C(F)(F)F)cc2C(=O)Nc2ccc(CCc3ccc(C(=O)O)cc3)cc2)c1. The second-order valence-electron chi connectivity index (χ2n) is 12.7. The van der Waals surface area contributed by atoms with Crippen molar-refractivity contribution in [3.63, 3.8) is 0 Å². The maximum atomic E-state index is 13.7. The van der Waals surface area contributed by atoms with Gasteiger partial charge in [-0.2, -0.15) is 17.7 Å². The molecular formula is C39H39F3N3O7S+. The van der Waals surface area contributed by atoms with Crippen LogP contribution in [0.1, 0.15) is 80.4 Å². The van der Waals surface area contributed by atoms with E-state index >= 15 is 0 Å². The number of hydrogen-bond acceptors (Lipinski definition) is 6. The Morgan fingerprint density at radius 1 is 0.774 bits per heavy atom. The molecule has 1 unspecified atom stereocenters. The van der Waals surface area contributed by atoms with Gasteiger partial charge in [-0.3, -0.25) is 14.4 Å². The van der Waals surface area contributed by atoms with Crippen LogP contribution in [0.2, 0.25) is 0 Å². The van der Waals surface area contributed by atoms with Gasteiger partial charge in [-0.25, -0.2) is 4.79 Å². The lowest BCUT2D eigenvalue weighted by Crippen LogP contribution is -2.42. The van der Waals surface area contributed by atoms with Gasteiger partial charge in [0, 0.05) is 23.9 Å². The number of amides is 2. The number of carbonyl (C=O) groups is 4.